The minimum Gasteiger partial charge on any atom is -0.158 e. The van der Waals surface area contributed by atoms with Crippen molar-refractivity contribution >= 4 is 11.8 Å². The Morgan fingerprint density at radius 2 is 0.778 bits per heavy atom. The van der Waals surface area contributed by atoms with Crippen molar-refractivity contribution in [3.8, 4) is 0 Å². The Morgan fingerprint density at radius 1 is 0.481 bits per heavy atom. The van der Waals surface area contributed by atoms with E-state index < -0.39 is 0 Å². The van der Waals surface area contributed by atoms with Gasteiger partial charge < -0.3 is 0 Å². The van der Waals surface area contributed by atoms with Gasteiger partial charge in [-0.1, -0.05) is 141 Å². The molecule has 0 unspecified atom stereocenters. The summed E-state index contributed by atoms with van der Waals surface area (Å²) in [5, 5.41) is 0. The maximum atomic E-state index is 3.77. The molecule has 0 saturated heterocycles. The summed E-state index contributed by atoms with van der Waals surface area (Å²) in [5.41, 5.74) is 0. The second-order valence-corrected chi connectivity index (χ2v) is 9.58. The number of unbranched alkanes of at least 4 members (excludes halogenated alkanes) is 20. The molecule has 0 aromatic carbocycles. The van der Waals surface area contributed by atoms with Gasteiger partial charge in [0.2, 0.25) is 0 Å². The maximum Gasteiger partial charge on any atom is 0.0110 e. The van der Waals surface area contributed by atoms with Crippen LogP contribution in [0.3, 0.4) is 0 Å². The van der Waals surface area contributed by atoms with Gasteiger partial charge in [0.25, 0.3) is 0 Å². The summed E-state index contributed by atoms with van der Waals surface area (Å²) in [6, 6.07) is 0. The molecule has 0 bridgehead atoms. The quantitative estimate of drug-likeness (QED) is 0.115. The zero-order chi connectivity index (χ0) is 19.7. The largest absolute Gasteiger partial charge is 0.158 e. The van der Waals surface area contributed by atoms with Crippen LogP contribution < -0.4 is 0 Å². The van der Waals surface area contributed by atoms with E-state index in [2.05, 4.69) is 13.5 Å². The lowest BCUT2D eigenvalue weighted by molar-refractivity contribution is 0.521. The molecular formula is C26H52S. The normalized spacial score (nSPS) is 11.1. The molecule has 0 amide bonds. The summed E-state index contributed by atoms with van der Waals surface area (Å²) in [5.74, 6) is 2.45. The molecule has 0 aromatic heterocycles. The van der Waals surface area contributed by atoms with Crippen molar-refractivity contribution in [1.29, 1.82) is 0 Å². The predicted molar refractivity (Wildman–Crippen MR) is 130 cm³/mol. The third kappa shape index (κ3) is 26.1. The molecule has 0 N–H and O–H groups in total. The fourth-order valence-electron chi connectivity index (χ4n) is 3.80. The van der Waals surface area contributed by atoms with E-state index in [1.54, 1.807) is 0 Å². The second-order valence-electron chi connectivity index (χ2n) is 8.43. The van der Waals surface area contributed by atoms with Crippen LogP contribution in [0.15, 0.2) is 12.7 Å². The SMILES string of the molecule is C=CCSCCCCCCCCCCCCCCCCCCCCCCC. The van der Waals surface area contributed by atoms with E-state index in [0.717, 1.165) is 5.75 Å². The van der Waals surface area contributed by atoms with Crippen LogP contribution in [0, 0.1) is 0 Å². The van der Waals surface area contributed by atoms with E-state index in [4.69, 9.17) is 0 Å². The lowest BCUT2D eigenvalue weighted by Gasteiger charge is -2.04. The van der Waals surface area contributed by atoms with Crippen LogP contribution in [0.5, 0.6) is 0 Å². The first-order valence-corrected chi connectivity index (χ1v) is 13.8. The van der Waals surface area contributed by atoms with Crippen LogP contribution in [0.1, 0.15) is 142 Å². The van der Waals surface area contributed by atoms with E-state index >= 15 is 0 Å². The molecule has 0 aromatic rings. The summed E-state index contributed by atoms with van der Waals surface area (Å²) >= 11 is 2.03. The maximum absolute atomic E-state index is 3.77. The zero-order valence-corrected chi connectivity index (χ0v) is 19.8. The molecule has 0 aliphatic rings. The highest BCUT2D eigenvalue weighted by atomic mass is 32.2. The Bertz CT molecular complexity index is 261. The van der Waals surface area contributed by atoms with E-state index in [1.165, 1.54) is 141 Å². The van der Waals surface area contributed by atoms with Gasteiger partial charge in [-0.2, -0.15) is 11.8 Å². The van der Waals surface area contributed by atoms with E-state index in [-0.39, 0.29) is 0 Å². The Kier molecular flexibility index (Phi) is 26.2. The summed E-state index contributed by atoms with van der Waals surface area (Å²) in [4.78, 5) is 0. The molecule has 162 valence electrons. The Morgan fingerprint density at radius 3 is 1.07 bits per heavy atom. The van der Waals surface area contributed by atoms with Crippen LogP contribution in [-0.4, -0.2) is 11.5 Å². The third-order valence-electron chi connectivity index (χ3n) is 5.63. The summed E-state index contributed by atoms with van der Waals surface area (Å²) in [6.45, 7) is 6.07. The molecular weight excluding hydrogens is 344 g/mol. The highest BCUT2D eigenvalue weighted by Crippen LogP contribution is 2.15. The fraction of sp³-hybridized carbons (Fsp3) is 0.923. The van der Waals surface area contributed by atoms with Gasteiger partial charge in [0, 0.05) is 5.75 Å². The molecule has 0 fully saturated rings. The third-order valence-corrected chi connectivity index (χ3v) is 6.68. The molecule has 0 spiro atoms. The Balaban J connectivity index is 2.96. The summed E-state index contributed by atoms with van der Waals surface area (Å²) < 4.78 is 0. The van der Waals surface area contributed by atoms with Crippen molar-refractivity contribution in [3.05, 3.63) is 12.7 Å². The number of hydrogen-bond acceptors (Lipinski definition) is 1. The van der Waals surface area contributed by atoms with Crippen LogP contribution >= 0.6 is 11.8 Å². The van der Waals surface area contributed by atoms with Crippen LogP contribution in [0.4, 0.5) is 0 Å². The molecule has 0 rings (SSSR count). The molecule has 0 saturated carbocycles. The zero-order valence-electron chi connectivity index (χ0n) is 19.0. The molecule has 0 heterocycles. The van der Waals surface area contributed by atoms with Crippen molar-refractivity contribution in [1.82, 2.24) is 0 Å². The molecule has 0 atom stereocenters. The molecule has 0 radical (unpaired) electrons. The van der Waals surface area contributed by atoms with Crippen molar-refractivity contribution in [3.63, 3.8) is 0 Å². The van der Waals surface area contributed by atoms with Gasteiger partial charge in [-0.15, -0.1) is 6.58 Å². The molecule has 1 heteroatoms. The Hall–Kier alpha value is 0.0900. The monoisotopic (exact) mass is 396 g/mol. The van der Waals surface area contributed by atoms with Gasteiger partial charge in [-0.3, -0.25) is 0 Å². The number of hydrogen-bond donors (Lipinski definition) is 0. The lowest BCUT2D eigenvalue weighted by Crippen LogP contribution is -1.85. The van der Waals surface area contributed by atoms with Crippen molar-refractivity contribution in [2.24, 2.45) is 0 Å². The Labute approximate surface area is 177 Å². The van der Waals surface area contributed by atoms with Crippen molar-refractivity contribution < 1.29 is 0 Å². The summed E-state index contributed by atoms with van der Waals surface area (Å²) in [6.07, 6.45) is 32.8. The van der Waals surface area contributed by atoms with E-state index in [9.17, 15) is 0 Å². The fourth-order valence-corrected chi connectivity index (χ4v) is 4.54. The van der Waals surface area contributed by atoms with E-state index in [1.807, 2.05) is 17.8 Å². The van der Waals surface area contributed by atoms with Gasteiger partial charge in [0.15, 0.2) is 0 Å². The van der Waals surface area contributed by atoms with Crippen molar-refractivity contribution in [2.75, 3.05) is 11.5 Å². The first-order chi connectivity index (χ1) is 13.4. The first-order valence-electron chi connectivity index (χ1n) is 12.6. The lowest BCUT2D eigenvalue weighted by atomic mass is 10.0. The van der Waals surface area contributed by atoms with Gasteiger partial charge in [-0.05, 0) is 12.2 Å². The molecule has 0 nitrogen and oxygen atoms in total. The minimum absolute atomic E-state index is 1.12. The van der Waals surface area contributed by atoms with Crippen molar-refractivity contribution in [2.45, 2.75) is 142 Å². The van der Waals surface area contributed by atoms with E-state index in [0.29, 0.717) is 0 Å². The second kappa shape index (κ2) is 26.1. The smallest absolute Gasteiger partial charge is 0.0110 e. The average molecular weight is 397 g/mol. The average Bonchev–Trinajstić information content (AvgIpc) is 2.68. The first kappa shape index (κ1) is 27.1. The predicted octanol–water partition coefficient (Wildman–Crippen LogP) is 10.1. The van der Waals surface area contributed by atoms with Gasteiger partial charge >= 0.3 is 0 Å². The molecule has 0 aliphatic carbocycles. The molecule has 27 heavy (non-hydrogen) atoms. The van der Waals surface area contributed by atoms with Gasteiger partial charge in [0.1, 0.15) is 0 Å². The number of rotatable bonds is 24. The van der Waals surface area contributed by atoms with Crippen LogP contribution in [-0.2, 0) is 0 Å². The highest BCUT2D eigenvalue weighted by molar-refractivity contribution is 7.99. The van der Waals surface area contributed by atoms with Crippen LogP contribution in [0.25, 0.3) is 0 Å². The summed E-state index contributed by atoms with van der Waals surface area (Å²) in [7, 11) is 0. The number of thioether (sulfide) groups is 1. The topological polar surface area (TPSA) is 0 Å². The van der Waals surface area contributed by atoms with Gasteiger partial charge in [0.05, 0.1) is 0 Å². The standard InChI is InChI=1S/C26H52S/c1-3-5-6-7-8-9-10-11-12-13-14-15-16-17-18-19-20-21-22-23-24-26-27-25-4-2/h4H,2-3,5-26H2,1H3. The molecule has 0 aliphatic heterocycles. The van der Waals surface area contributed by atoms with Gasteiger partial charge in [-0.25, -0.2) is 0 Å². The minimum atomic E-state index is 1.12. The van der Waals surface area contributed by atoms with Crippen LogP contribution in [0.2, 0.25) is 0 Å². The highest BCUT2D eigenvalue weighted by Gasteiger charge is 1.95.